The number of carbonyl (C=O) groups is 1. The van der Waals surface area contributed by atoms with Gasteiger partial charge in [0.05, 0.1) is 12.8 Å². The van der Waals surface area contributed by atoms with E-state index in [0.717, 1.165) is 73.5 Å². The van der Waals surface area contributed by atoms with Gasteiger partial charge in [-0.15, -0.1) is 0 Å². The molecule has 1 aliphatic rings. The fraction of sp³-hybridized carbons (Fsp3) is 0.481. The van der Waals surface area contributed by atoms with Crippen LogP contribution in [0.3, 0.4) is 0 Å². The van der Waals surface area contributed by atoms with Gasteiger partial charge in [0.25, 0.3) is 0 Å². The average molecular weight is 436 g/mol. The van der Waals surface area contributed by atoms with Gasteiger partial charge in [0.1, 0.15) is 5.75 Å². The number of hydrogen-bond acceptors (Lipinski definition) is 4. The van der Waals surface area contributed by atoms with Gasteiger partial charge in [-0.1, -0.05) is 35.9 Å². The van der Waals surface area contributed by atoms with Crippen molar-refractivity contribution in [2.45, 2.75) is 59.0 Å². The van der Waals surface area contributed by atoms with Gasteiger partial charge in [-0.05, 0) is 52.0 Å². The van der Waals surface area contributed by atoms with Crippen LogP contribution in [0.2, 0.25) is 0 Å². The van der Waals surface area contributed by atoms with E-state index in [-0.39, 0.29) is 5.91 Å². The SMILES string of the molecule is COc1c(C)cnc(CN2CCC(N(C)C(=O)/C=C(/C)CCc3ccccc3)CC2)c1C. The number of ether oxygens (including phenoxy) is 1. The lowest BCUT2D eigenvalue weighted by atomic mass is 10.0. The lowest BCUT2D eigenvalue weighted by molar-refractivity contribution is -0.127. The number of carbonyl (C=O) groups excluding carboxylic acids is 1. The Balaban J connectivity index is 1.49. The maximum atomic E-state index is 12.8. The molecule has 3 rings (SSSR count). The highest BCUT2D eigenvalue weighted by molar-refractivity contribution is 5.88. The van der Waals surface area contributed by atoms with Crippen molar-refractivity contribution in [1.29, 1.82) is 0 Å². The lowest BCUT2D eigenvalue weighted by Crippen LogP contribution is -2.45. The zero-order valence-corrected chi connectivity index (χ0v) is 20.2. The molecule has 32 heavy (non-hydrogen) atoms. The van der Waals surface area contributed by atoms with Crippen LogP contribution in [0.5, 0.6) is 5.75 Å². The van der Waals surface area contributed by atoms with Gasteiger partial charge < -0.3 is 9.64 Å². The monoisotopic (exact) mass is 435 g/mol. The number of aryl methyl sites for hydroxylation is 2. The van der Waals surface area contributed by atoms with Crippen molar-refractivity contribution in [3.63, 3.8) is 0 Å². The molecular formula is C27H37N3O2. The number of nitrogens with zero attached hydrogens (tertiary/aromatic N) is 3. The second-order valence-electron chi connectivity index (χ2n) is 8.98. The van der Waals surface area contributed by atoms with Gasteiger partial charge in [0.2, 0.25) is 5.91 Å². The summed E-state index contributed by atoms with van der Waals surface area (Å²) in [6.45, 7) is 8.93. The number of methoxy groups -OCH3 is 1. The molecule has 0 unspecified atom stereocenters. The molecule has 0 saturated carbocycles. The zero-order valence-electron chi connectivity index (χ0n) is 20.2. The summed E-state index contributed by atoms with van der Waals surface area (Å²) in [5.74, 6) is 1.06. The van der Waals surface area contributed by atoms with E-state index in [4.69, 9.17) is 4.74 Å². The number of aromatic nitrogens is 1. The van der Waals surface area contributed by atoms with Crippen molar-refractivity contribution in [2.75, 3.05) is 27.2 Å². The fourth-order valence-corrected chi connectivity index (χ4v) is 4.46. The molecule has 2 heterocycles. The Labute approximate surface area is 193 Å². The number of likely N-dealkylation sites (N-methyl/N-ethyl adjacent to an activating group) is 1. The Bertz CT molecular complexity index is 931. The van der Waals surface area contributed by atoms with Crippen LogP contribution >= 0.6 is 0 Å². The molecule has 5 heteroatoms. The Hall–Kier alpha value is -2.66. The Morgan fingerprint density at radius 1 is 1.22 bits per heavy atom. The second kappa shape index (κ2) is 11.3. The molecule has 5 nitrogen and oxygen atoms in total. The van der Waals surface area contributed by atoms with Gasteiger partial charge in [0, 0.05) is 56.1 Å². The number of rotatable bonds is 8. The molecule has 1 fully saturated rings. The van der Waals surface area contributed by atoms with Gasteiger partial charge >= 0.3 is 0 Å². The molecule has 2 aromatic rings. The second-order valence-corrected chi connectivity index (χ2v) is 8.98. The molecule has 1 saturated heterocycles. The van der Waals surface area contributed by atoms with Crippen molar-refractivity contribution in [3.05, 3.63) is 70.6 Å². The number of allylic oxidation sites excluding steroid dienone is 1. The zero-order chi connectivity index (χ0) is 23.1. The minimum Gasteiger partial charge on any atom is -0.496 e. The predicted molar refractivity (Wildman–Crippen MR) is 130 cm³/mol. The third-order valence-electron chi connectivity index (χ3n) is 6.60. The fourth-order valence-electron chi connectivity index (χ4n) is 4.46. The summed E-state index contributed by atoms with van der Waals surface area (Å²) in [4.78, 5) is 21.8. The number of amides is 1. The molecule has 0 N–H and O–H groups in total. The summed E-state index contributed by atoms with van der Waals surface area (Å²) in [5, 5.41) is 0. The van der Waals surface area contributed by atoms with Crippen molar-refractivity contribution in [3.8, 4) is 5.75 Å². The number of benzene rings is 1. The molecule has 172 valence electrons. The highest BCUT2D eigenvalue weighted by atomic mass is 16.5. The van der Waals surface area contributed by atoms with E-state index < -0.39 is 0 Å². The normalized spacial score (nSPS) is 15.6. The largest absolute Gasteiger partial charge is 0.496 e. The first-order valence-electron chi connectivity index (χ1n) is 11.6. The number of likely N-dealkylation sites (tertiary alicyclic amines) is 1. The molecule has 0 atom stereocenters. The Morgan fingerprint density at radius 3 is 2.56 bits per heavy atom. The van der Waals surface area contributed by atoms with Crippen LogP contribution in [0.1, 0.15) is 48.6 Å². The van der Waals surface area contributed by atoms with Crippen LogP contribution < -0.4 is 4.74 Å². The third-order valence-corrected chi connectivity index (χ3v) is 6.60. The maximum absolute atomic E-state index is 12.8. The van der Waals surface area contributed by atoms with Crippen molar-refractivity contribution >= 4 is 5.91 Å². The Morgan fingerprint density at radius 2 is 1.91 bits per heavy atom. The van der Waals surface area contributed by atoms with E-state index in [2.05, 4.69) is 48.0 Å². The standard InChI is InChI=1S/C27H37N3O2/c1-20(11-12-23-9-7-6-8-10-23)17-26(31)29(4)24-13-15-30(16-14-24)19-25-22(3)27(32-5)21(2)18-28-25/h6-10,17-18,24H,11-16,19H2,1-5H3/b20-17-. The van der Waals surface area contributed by atoms with Gasteiger partial charge in [0.15, 0.2) is 0 Å². The van der Waals surface area contributed by atoms with E-state index in [1.807, 2.05) is 37.2 Å². The molecule has 1 aromatic carbocycles. The van der Waals surface area contributed by atoms with Crippen LogP contribution in [0.15, 0.2) is 48.2 Å². The van der Waals surface area contributed by atoms with E-state index in [1.165, 1.54) is 5.56 Å². The molecule has 1 amide bonds. The van der Waals surface area contributed by atoms with Crippen molar-refractivity contribution < 1.29 is 9.53 Å². The number of hydrogen-bond donors (Lipinski definition) is 0. The first-order valence-corrected chi connectivity index (χ1v) is 11.6. The van der Waals surface area contributed by atoms with Crippen LogP contribution in [0.4, 0.5) is 0 Å². The van der Waals surface area contributed by atoms with Gasteiger partial charge in [-0.2, -0.15) is 0 Å². The first kappa shape index (κ1) is 24.0. The van der Waals surface area contributed by atoms with Crippen molar-refractivity contribution in [2.24, 2.45) is 0 Å². The first-order chi connectivity index (χ1) is 15.4. The molecule has 1 aliphatic heterocycles. The quantitative estimate of drug-likeness (QED) is 0.564. The Kier molecular flexibility index (Phi) is 8.46. The molecule has 1 aromatic heterocycles. The highest BCUT2D eigenvalue weighted by Crippen LogP contribution is 2.26. The third kappa shape index (κ3) is 6.19. The molecule has 0 bridgehead atoms. The summed E-state index contributed by atoms with van der Waals surface area (Å²) in [6.07, 6.45) is 7.57. The number of pyridine rings is 1. The summed E-state index contributed by atoms with van der Waals surface area (Å²) in [7, 11) is 3.66. The van der Waals surface area contributed by atoms with E-state index in [9.17, 15) is 4.79 Å². The predicted octanol–water partition coefficient (Wildman–Crippen LogP) is 4.71. The van der Waals surface area contributed by atoms with Crippen LogP contribution in [-0.2, 0) is 17.8 Å². The minimum absolute atomic E-state index is 0.120. The van der Waals surface area contributed by atoms with Crippen LogP contribution in [0.25, 0.3) is 0 Å². The molecule has 0 radical (unpaired) electrons. The lowest BCUT2D eigenvalue weighted by Gasteiger charge is -2.36. The van der Waals surface area contributed by atoms with Crippen LogP contribution in [0, 0.1) is 13.8 Å². The van der Waals surface area contributed by atoms with Crippen LogP contribution in [-0.4, -0.2) is 54.0 Å². The summed E-state index contributed by atoms with van der Waals surface area (Å²) in [5.41, 5.74) is 5.72. The van der Waals surface area contributed by atoms with Crippen molar-refractivity contribution in [1.82, 2.24) is 14.8 Å². The molecular weight excluding hydrogens is 398 g/mol. The minimum atomic E-state index is 0.120. The van der Waals surface area contributed by atoms with E-state index in [1.54, 1.807) is 7.11 Å². The topological polar surface area (TPSA) is 45.7 Å². The molecule has 0 aliphatic carbocycles. The number of piperidine rings is 1. The summed E-state index contributed by atoms with van der Waals surface area (Å²) < 4.78 is 5.55. The van der Waals surface area contributed by atoms with E-state index >= 15 is 0 Å². The van der Waals surface area contributed by atoms with Gasteiger partial charge in [-0.25, -0.2) is 0 Å². The highest BCUT2D eigenvalue weighted by Gasteiger charge is 2.25. The smallest absolute Gasteiger partial charge is 0.246 e. The van der Waals surface area contributed by atoms with E-state index in [0.29, 0.717) is 6.04 Å². The van der Waals surface area contributed by atoms with Gasteiger partial charge in [-0.3, -0.25) is 14.7 Å². The average Bonchev–Trinajstić information content (AvgIpc) is 2.80. The summed E-state index contributed by atoms with van der Waals surface area (Å²) >= 11 is 0. The maximum Gasteiger partial charge on any atom is 0.246 e. The summed E-state index contributed by atoms with van der Waals surface area (Å²) in [6, 6.07) is 10.7. The molecule has 0 spiro atoms.